The van der Waals surface area contributed by atoms with Crippen molar-refractivity contribution in [3.05, 3.63) is 107 Å². The van der Waals surface area contributed by atoms with Gasteiger partial charge in [0.2, 0.25) is 5.95 Å². The fourth-order valence-electron chi connectivity index (χ4n) is 4.69. The first-order chi connectivity index (χ1) is 16.7. The topological polar surface area (TPSA) is 81.9 Å². The molecule has 0 saturated heterocycles. The third-order valence-electron chi connectivity index (χ3n) is 6.23. The van der Waals surface area contributed by atoms with Crippen LogP contribution in [0.5, 0.6) is 0 Å². The molecule has 4 aromatic carbocycles. The van der Waals surface area contributed by atoms with Crippen molar-refractivity contribution < 1.29 is 9.53 Å². The number of fused-ring (bicyclic) bond motifs is 3. The number of hydrogen-bond donors (Lipinski definition) is 1. The zero-order valence-electron chi connectivity index (χ0n) is 18.5. The number of rotatable bonds is 4. The Morgan fingerprint density at radius 3 is 2.29 bits per heavy atom. The summed E-state index contributed by atoms with van der Waals surface area (Å²) in [5.74, 6) is 0.0798. The number of esters is 1. The minimum Gasteiger partial charge on any atom is -0.457 e. The van der Waals surface area contributed by atoms with Crippen LogP contribution in [-0.2, 0) is 16.1 Å². The highest BCUT2D eigenvalue weighted by Crippen LogP contribution is 2.41. The lowest BCUT2D eigenvalue weighted by Crippen LogP contribution is -2.30. The largest absolute Gasteiger partial charge is 0.457 e. The van der Waals surface area contributed by atoms with Gasteiger partial charge in [0.05, 0.1) is 5.57 Å². The van der Waals surface area contributed by atoms with Gasteiger partial charge in [-0.25, -0.2) is 4.79 Å². The Labute approximate surface area is 195 Å². The number of benzene rings is 4. The van der Waals surface area contributed by atoms with Crippen LogP contribution in [0.25, 0.3) is 21.5 Å². The number of anilines is 1. The SMILES string of the molecule is CC1=C(C(=O)OCc2ccccc2)C(c2c3ccccc3cc3ccccc23)n2nnnc2N1. The van der Waals surface area contributed by atoms with Gasteiger partial charge in [-0.2, -0.15) is 4.68 Å². The molecule has 166 valence electrons. The zero-order chi connectivity index (χ0) is 23.1. The van der Waals surface area contributed by atoms with Crippen molar-refractivity contribution in [1.82, 2.24) is 20.2 Å². The van der Waals surface area contributed by atoms with E-state index in [1.54, 1.807) is 4.68 Å². The molecular formula is C27H21N5O2. The summed E-state index contributed by atoms with van der Waals surface area (Å²) in [5, 5.41) is 19.7. The van der Waals surface area contributed by atoms with Gasteiger partial charge in [-0.15, -0.1) is 0 Å². The summed E-state index contributed by atoms with van der Waals surface area (Å²) in [6.45, 7) is 2.04. The number of carbonyl (C=O) groups is 1. The quantitative estimate of drug-likeness (QED) is 0.308. The predicted molar refractivity (Wildman–Crippen MR) is 130 cm³/mol. The van der Waals surface area contributed by atoms with E-state index in [4.69, 9.17) is 4.74 Å². The van der Waals surface area contributed by atoms with Crippen LogP contribution >= 0.6 is 0 Å². The van der Waals surface area contributed by atoms with Gasteiger partial charge in [-0.3, -0.25) is 0 Å². The molecule has 7 nitrogen and oxygen atoms in total. The molecule has 0 amide bonds. The molecule has 1 aliphatic rings. The summed E-state index contributed by atoms with van der Waals surface area (Å²) >= 11 is 0. The molecule has 0 fully saturated rings. The summed E-state index contributed by atoms with van der Waals surface area (Å²) in [6.07, 6.45) is 0. The first-order valence-corrected chi connectivity index (χ1v) is 11.1. The molecule has 1 unspecified atom stereocenters. The highest BCUT2D eigenvalue weighted by molar-refractivity contribution is 6.05. The van der Waals surface area contributed by atoms with Gasteiger partial charge in [-0.05, 0) is 56.1 Å². The van der Waals surface area contributed by atoms with E-state index in [9.17, 15) is 4.79 Å². The summed E-state index contributed by atoms with van der Waals surface area (Å²) in [4.78, 5) is 13.6. The maximum absolute atomic E-state index is 13.6. The molecule has 0 aliphatic carbocycles. The monoisotopic (exact) mass is 447 g/mol. The number of tetrazole rings is 1. The van der Waals surface area contributed by atoms with Crippen molar-refractivity contribution in [3.63, 3.8) is 0 Å². The molecule has 1 N–H and O–H groups in total. The highest BCUT2D eigenvalue weighted by atomic mass is 16.5. The van der Waals surface area contributed by atoms with Crippen molar-refractivity contribution in [3.8, 4) is 0 Å². The van der Waals surface area contributed by atoms with E-state index in [0.29, 0.717) is 17.2 Å². The number of carbonyl (C=O) groups excluding carboxylic acids is 1. The van der Waals surface area contributed by atoms with Crippen LogP contribution in [0.2, 0.25) is 0 Å². The van der Waals surface area contributed by atoms with E-state index in [1.807, 2.05) is 61.5 Å². The molecule has 7 heteroatoms. The van der Waals surface area contributed by atoms with Gasteiger partial charge >= 0.3 is 5.97 Å². The molecule has 0 spiro atoms. The Balaban J connectivity index is 1.55. The van der Waals surface area contributed by atoms with E-state index in [0.717, 1.165) is 32.7 Å². The molecule has 34 heavy (non-hydrogen) atoms. The second-order valence-electron chi connectivity index (χ2n) is 8.31. The second kappa shape index (κ2) is 8.12. The average molecular weight is 447 g/mol. The number of hydrogen-bond acceptors (Lipinski definition) is 6. The van der Waals surface area contributed by atoms with E-state index in [2.05, 4.69) is 51.2 Å². The Kier molecular flexibility index (Phi) is 4.80. The van der Waals surface area contributed by atoms with Crippen LogP contribution in [0.15, 0.2) is 96.2 Å². The maximum atomic E-state index is 13.6. The number of nitrogens with one attached hydrogen (secondary N) is 1. The molecule has 0 radical (unpaired) electrons. The van der Waals surface area contributed by atoms with Crippen molar-refractivity contribution in [2.75, 3.05) is 5.32 Å². The molecule has 6 rings (SSSR count). The minimum atomic E-state index is -0.550. The Bertz CT molecular complexity index is 1520. The lowest BCUT2D eigenvalue weighted by molar-refractivity contribution is -0.140. The van der Waals surface area contributed by atoms with Gasteiger partial charge < -0.3 is 10.1 Å². The van der Waals surface area contributed by atoms with Crippen molar-refractivity contribution >= 4 is 33.5 Å². The van der Waals surface area contributed by atoms with Crippen molar-refractivity contribution in [1.29, 1.82) is 0 Å². The molecule has 2 heterocycles. The summed E-state index contributed by atoms with van der Waals surface area (Å²) < 4.78 is 7.45. The predicted octanol–water partition coefficient (Wildman–Crippen LogP) is 5.01. The molecule has 1 aromatic heterocycles. The smallest absolute Gasteiger partial charge is 0.338 e. The van der Waals surface area contributed by atoms with Crippen LogP contribution < -0.4 is 5.32 Å². The van der Waals surface area contributed by atoms with Gasteiger partial charge in [-0.1, -0.05) is 84.0 Å². The van der Waals surface area contributed by atoms with E-state index >= 15 is 0 Å². The number of aromatic nitrogens is 4. The van der Waals surface area contributed by atoms with Gasteiger partial charge in [0.1, 0.15) is 12.6 Å². The highest BCUT2D eigenvalue weighted by Gasteiger charge is 2.36. The van der Waals surface area contributed by atoms with Crippen LogP contribution in [0.1, 0.15) is 24.1 Å². The Morgan fingerprint density at radius 2 is 1.59 bits per heavy atom. The first kappa shape index (κ1) is 20.1. The summed E-state index contributed by atoms with van der Waals surface area (Å²) in [5.41, 5.74) is 3.04. The minimum absolute atomic E-state index is 0.182. The standard InChI is InChI=1S/C27H21N5O2/c1-17-23(26(33)34-16-18-9-3-2-4-10-18)25(32-27(28-17)29-30-31-32)24-21-13-7-5-11-19(21)15-20-12-6-8-14-22(20)24/h2-15,25H,16H2,1H3,(H,28,29,31). The fraction of sp³-hybridized carbons (Fsp3) is 0.111. The zero-order valence-corrected chi connectivity index (χ0v) is 18.5. The number of nitrogens with zero attached hydrogens (tertiary/aromatic N) is 4. The van der Waals surface area contributed by atoms with Crippen molar-refractivity contribution in [2.24, 2.45) is 0 Å². The van der Waals surface area contributed by atoms with Crippen LogP contribution in [0.3, 0.4) is 0 Å². The van der Waals surface area contributed by atoms with E-state index < -0.39 is 12.0 Å². The van der Waals surface area contributed by atoms with Crippen LogP contribution in [0, 0.1) is 0 Å². The summed E-state index contributed by atoms with van der Waals surface area (Å²) in [7, 11) is 0. The van der Waals surface area contributed by atoms with Crippen LogP contribution in [0.4, 0.5) is 5.95 Å². The lowest BCUT2D eigenvalue weighted by atomic mass is 9.87. The Hall–Kier alpha value is -4.52. The third-order valence-corrected chi connectivity index (χ3v) is 6.23. The fourth-order valence-corrected chi connectivity index (χ4v) is 4.69. The summed E-state index contributed by atoms with van der Waals surface area (Å²) in [6, 6.07) is 27.6. The molecule has 5 aromatic rings. The van der Waals surface area contributed by atoms with E-state index in [-0.39, 0.29) is 6.61 Å². The van der Waals surface area contributed by atoms with E-state index in [1.165, 1.54) is 0 Å². The third kappa shape index (κ3) is 3.29. The molecule has 1 atom stereocenters. The molecule has 0 saturated carbocycles. The van der Waals surface area contributed by atoms with Gasteiger partial charge in [0.25, 0.3) is 0 Å². The first-order valence-electron chi connectivity index (χ1n) is 11.1. The molecule has 0 bridgehead atoms. The second-order valence-corrected chi connectivity index (χ2v) is 8.31. The van der Waals surface area contributed by atoms with Gasteiger partial charge in [0, 0.05) is 5.70 Å². The van der Waals surface area contributed by atoms with Crippen LogP contribution in [-0.4, -0.2) is 26.2 Å². The van der Waals surface area contributed by atoms with Crippen molar-refractivity contribution in [2.45, 2.75) is 19.6 Å². The lowest BCUT2D eigenvalue weighted by Gasteiger charge is -2.29. The average Bonchev–Trinajstić information content (AvgIpc) is 3.34. The Morgan fingerprint density at radius 1 is 0.941 bits per heavy atom. The normalized spacial score (nSPS) is 15.3. The maximum Gasteiger partial charge on any atom is 0.338 e. The number of allylic oxidation sites excluding steroid dienone is 1. The molecular weight excluding hydrogens is 426 g/mol. The van der Waals surface area contributed by atoms with Gasteiger partial charge in [0.15, 0.2) is 0 Å². The number of ether oxygens (including phenoxy) is 1. The molecule has 1 aliphatic heterocycles.